The van der Waals surface area contributed by atoms with Crippen LogP contribution in [0, 0.1) is 0 Å². The quantitative estimate of drug-likeness (QED) is 0.602. The average Bonchev–Trinajstić information content (AvgIpc) is 3.17. The number of aryl methyl sites for hydroxylation is 1. The van der Waals surface area contributed by atoms with E-state index in [1.807, 2.05) is 12.1 Å². The van der Waals surface area contributed by atoms with Gasteiger partial charge in [0.15, 0.2) is 0 Å². The van der Waals surface area contributed by atoms with Crippen LogP contribution in [-0.4, -0.2) is 34.9 Å². The molecule has 0 saturated carbocycles. The topological polar surface area (TPSA) is 45.2 Å². The van der Waals surface area contributed by atoms with E-state index in [0.29, 0.717) is 6.54 Å². The Bertz CT molecular complexity index is 906. The van der Waals surface area contributed by atoms with Crippen LogP contribution in [0.15, 0.2) is 54.6 Å². The average molecular weight is 408 g/mol. The Hall–Kier alpha value is -2.24. The van der Waals surface area contributed by atoms with Crippen LogP contribution in [0.25, 0.3) is 10.2 Å². The number of aromatic nitrogens is 1. The molecule has 1 amide bonds. The molecule has 1 fully saturated rings. The zero-order chi connectivity index (χ0) is 20.1. The van der Waals surface area contributed by atoms with Crippen molar-refractivity contribution in [1.29, 1.82) is 0 Å². The van der Waals surface area contributed by atoms with Crippen molar-refractivity contribution in [3.8, 4) is 0 Å². The first kappa shape index (κ1) is 20.0. The molecule has 1 N–H and O–H groups in total. The monoisotopic (exact) mass is 407 g/mol. The first-order valence-corrected chi connectivity index (χ1v) is 11.4. The van der Waals surface area contributed by atoms with Gasteiger partial charge in [0, 0.05) is 6.04 Å². The minimum atomic E-state index is 0.124. The van der Waals surface area contributed by atoms with Crippen LogP contribution in [0.5, 0.6) is 0 Å². The summed E-state index contributed by atoms with van der Waals surface area (Å²) in [6, 6.07) is 19.2. The van der Waals surface area contributed by atoms with Gasteiger partial charge in [-0.3, -0.25) is 9.69 Å². The van der Waals surface area contributed by atoms with E-state index >= 15 is 0 Å². The molecular weight excluding hydrogens is 378 g/mol. The molecule has 4 rings (SSSR count). The lowest BCUT2D eigenvalue weighted by Crippen LogP contribution is -2.44. The van der Waals surface area contributed by atoms with E-state index in [1.54, 1.807) is 11.3 Å². The van der Waals surface area contributed by atoms with Crippen molar-refractivity contribution in [2.24, 2.45) is 0 Å². The summed E-state index contributed by atoms with van der Waals surface area (Å²) < 4.78 is 1.23. The number of hydrogen-bond acceptors (Lipinski definition) is 4. The lowest BCUT2D eigenvalue weighted by molar-refractivity contribution is -0.123. The SMILES string of the molecule is C[C@@H](CCc1ccccc1)NC(=O)CN1CCCC[C@@H]1c1nc2ccccc2s1. The number of benzene rings is 2. The van der Waals surface area contributed by atoms with Gasteiger partial charge in [-0.25, -0.2) is 4.98 Å². The van der Waals surface area contributed by atoms with Crippen molar-refractivity contribution in [2.45, 2.75) is 51.1 Å². The highest BCUT2D eigenvalue weighted by molar-refractivity contribution is 7.18. The van der Waals surface area contributed by atoms with Crippen LogP contribution in [0.3, 0.4) is 0 Å². The molecule has 2 atom stereocenters. The Kier molecular flexibility index (Phi) is 6.57. The molecule has 1 aliphatic rings. The van der Waals surface area contributed by atoms with E-state index in [-0.39, 0.29) is 18.0 Å². The van der Waals surface area contributed by atoms with E-state index in [2.05, 4.69) is 59.6 Å². The minimum Gasteiger partial charge on any atom is -0.353 e. The predicted octanol–water partition coefficient (Wildman–Crippen LogP) is 4.96. The summed E-state index contributed by atoms with van der Waals surface area (Å²) in [5.41, 5.74) is 2.39. The number of nitrogens with zero attached hydrogens (tertiary/aromatic N) is 2. The highest BCUT2D eigenvalue weighted by Gasteiger charge is 2.28. The highest BCUT2D eigenvalue weighted by Crippen LogP contribution is 2.35. The van der Waals surface area contributed by atoms with Crippen LogP contribution in [-0.2, 0) is 11.2 Å². The lowest BCUT2D eigenvalue weighted by atomic mass is 10.0. The van der Waals surface area contributed by atoms with Crippen LogP contribution in [0.2, 0.25) is 0 Å². The number of carbonyl (C=O) groups excluding carboxylic acids is 1. The Labute approximate surface area is 177 Å². The van der Waals surface area contributed by atoms with Crippen molar-refractivity contribution < 1.29 is 4.79 Å². The number of thiazole rings is 1. The molecule has 29 heavy (non-hydrogen) atoms. The van der Waals surface area contributed by atoms with Gasteiger partial charge in [0.1, 0.15) is 5.01 Å². The highest BCUT2D eigenvalue weighted by atomic mass is 32.1. The number of piperidine rings is 1. The van der Waals surface area contributed by atoms with Crippen LogP contribution in [0.4, 0.5) is 0 Å². The summed E-state index contributed by atoms with van der Waals surface area (Å²) in [6.45, 7) is 3.52. The summed E-state index contributed by atoms with van der Waals surface area (Å²) in [6.07, 6.45) is 5.37. The number of likely N-dealkylation sites (tertiary alicyclic amines) is 1. The standard InChI is InChI=1S/C24H29N3OS/c1-18(14-15-19-9-3-2-4-10-19)25-23(28)17-27-16-8-7-12-21(27)24-26-20-11-5-6-13-22(20)29-24/h2-6,9-11,13,18,21H,7-8,12,14-17H2,1H3,(H,25,28)/t18-,21+/m0/s1. The molecule has 1 saturated heterocycles. The van der Waals surface area contributed by atoms with Crippen LogP contribution < -0.4 is 5.32 Å². The fourth-order valence-corrected chi connectivity index (χ4v) is 5.23. The molecule has 2 aromatic carbocycles. The van der Waals surface area contributed by atoms with Crippen molar-refractivity contribution >= 4 is 27.5 Å². The lowest BCUT2D eigenvalue weighted by Gasteiger charge is -2.34. The van der Waals surface area contributed by atoms with Gasteiger partial charge in [-0.2, -0.15) is 0 Å². The summed E-state index contributed by atoms with van der Waals surface area (Å²) >= 11 is 1.77. The van der Waals surface area contributed by atoms with Crippen molar-refractivity contribution in [2.75, 3.05) is 13.1 Å². The second kappa shape index (κ2) is 9.51. The number of nitrogens with one attached hydrogen (secondary N) is 1. The molecule has 2 heterocycles. The number of rotatable bonds is 7. The second-order valence-electron chi connectivity index (χ2n) is 7.99. The maximum absolute atomic E-state index is 12.7. The van der Waals surface area contributed by atoms with Gasteiger partial charge in [-0.15, -0.1) is 11.3 Å². The van der Waals surface area contributed by atoms with Gasteiger partial charge in [0.25, 0.3) is 0 Å². The first-order chi connectivity index (χ1) is 14.2. The molecular formula is C24H29N3OS. The zero-order valence-electron chi connectivity index (χ0n) is 17.0. The molecule has 5 heteroatoms. The van der Waals surface area contributed by atoms with Gasteiger partial charge >= 0.3 is 0 Å². The Morgan fingerprint density at radius 2 is 1.97 bits per heavy atom. The molecule has 0 aliphatic carbocycles. The van der Waals surface area contributed by atoms with E-state index in [4.69, 9.17) is 4.98 Å². The Morgan fingerprint density at radius 3 is 2.79 bits per heavy atom. The molecule has 3 aromatic rings. The molecule has 0 spiro atoms. The van der Waals surface area contributed by atoms with Crippen LogP contribution in [0.1, 0.15) is 49.2 Å². The summed E-state index contributed by atoms with van der Waals surface area (Å²) in [7, 11) is 0. The molecule has 4 nitrogen and oxygen atoms in total. The summed E-state index contributed by atoms with van der Waals surface area (Å²) in [4.78, 5) is 19.9. The molecule has 0 unspecified atom stereocenters. The Morgan fingerprint density at radius 1 is 1.17 bits per heavy atom. The number of carbonyl (C=O) groups is 1. The number of para-hydroxylation sites is 1. The van der Waals surface area contributed by atoms with Crippen molar-refractivity contribution in [3.05, 3.63) is 65.2 Å². The molecule has 0 bridgehead atoms. The van der Waals surface area contributed by atoms with Crippen molar-refractivity contribution in [1.82, 2.24) is 15.2 Å². The van der Waals surface area contributed by atoms with Gasteiger partial charge in [0.05, 0.1) is 22.8 Å². The van der Waals surface area contributed by atoms with E-state index < -0.39 is 0 Å². The predicted molar refractivity (Wildman–Crippen MR) is 120 cm³/mol. The van der Waals surface area contributed by atoms with Crippen LogP contribution >= 0.6 is 11.3 Å². The smallest absolute Gasteiger partial charge is 0.234 e. The first-order valence-electron chi connectivity index (χ1n) is 10.6. The maximum Gasteiger partial charge on any atom is 0.234 e. The number of hydrogen-bond donors (Lipinski definition) is 1. The zero-order valence-corrected chi connectivity index (χ0v) is 17.8. The third-order valence-electron chi connectivity index (χ3n) is 5.67. The second-order valence-corrected chi connectivity index (χ2v) is 9.06. The van der Waals surface area contributed by atoms with E-state index in [1.165, 1.54) is 16.7 Å². The third-order valence-corrected chi connectivity index (χ3v) is 6.81. The number of fused-ring (bicyclic) bond motifs is 1. The number of amides is 1. The molecule has 152 valence electrons. The largest absolute Gasteiger partial charge is 0.353 e. The molecule has 1 aliphatic heterocycles. The van der Waals surface area contributed by atoms with Gasteiger partial charge < -0.3 is 5.32 Å². The van der Waals surface area contributed by atoms with Gasteiger partial charge in [0.2, 0.25) is 5.91 Å². The fourth-order valence-electron chi connectivity index (χ4n) is 4.10. The van der Waals surface area contributed by atoms with Crippen molar-refractivity contribution in [3.63, 3.8) is 0 Å². The third kappa shape index (κ3) is 5.22. The van der Waals surface area contributed by atoms with Gasteiger partial charge in [-0.1, -0.05) is 48.9 Å². The van der Waals surface area contributed by atoms with Gasteiger partial charge in [-0.05, 0) is 56.8 Å². The molecule has 1 aromatic heterocycles. The Balaban J connectivity index is 1.34. The minimum absolute atomic E-state index is 0.124. The molecule has 0 radical (unpaired) electrons. The van der Waals surface area contributed by atoms with E-state index in [9.17, 15) is 4.79 Å². The summed E-state index contributed by atoms with van der Waals surface area (Å²) in [5.74, 6) is 0.124. The fraction of sp³-hybridized carbons (Fsp3) is 0.417. The normalized spacial score (nSPS) is 18.6. The maximum atomic E-state index is 12.7. The summed E-state index contributed by atoms with van der Waals surface area (Å²) in [5, 5.41) is 4.35. The van der Waals surface area contributed by atoms with E-state index in [0.717, 1.165) is 42.8 Å².